The van der Waals surface area contributed by atoms with Gasteiger partial charge in [-0.25, -0.2) is 4.79 Å². The number of hydrogen-bond donors (Lipinski definition) is 0. The second-order valence-electron chi connectivity index (χ2n) is 7.63. The van der Waals surface area contributed by atoms with Crippen LogP contribution in [0.2, 0.25) is 0 Å². The van der Waals surface area contributed by atoms with Gasteiger partial charge < -0.3 is 14.2 Å². The molecule has 1 amide bonds. The standard InChI is InChI=1S/C20H25N3O3/c1-21-14-20(26-19(21)25)8-5-10-23(11-9-20)13-16-12-15-6-3-4-7-17(15)22(2)18(16)24/h3-4,6-7,12H,5,8-11,13-14H2,1-2H3. The zero-order valence-electron chi connectivity index (χ0n) is 15.4. The molecule has 138 valence electrons. The predicted octanol–water partition coefficient (Wildman–Crippen LogP) is 2.35. The van der Waals surface area contributed by atoms with E-state index in [1.165, 1.54) is 0 Å². The third-order valence-electron chi connectivity index (χ3n) is 5.73. The van der Waals surface area contributed by atoms with E-state index in [-0.39, 0.29) is 17.3 Å². The molecule has 0 aliphatic carbocycles. The van der Waals surface area contributed by atoms with E-state index in [2.05, 4.69) is 4.90 Å². The number of likely N-dealkylation sites (N-methyl/N-ethyl adjacent to an activating group) is 1. The minimum Gasteiger partial charge on any atom is -0.441 e. The first-order valence-corrected chi connectivity index (χ1v) is 9.22. The second kappa shape index (κ2) is 6.43. The highest BCUT2D eigenvalue weighted by Gasteiger charge is 2.44. The molecule has 26 heavy (non-hydrogen) atoms. The molecule has 1 unspecified atom stereocenters. The zero-order chi connectivity index (χ0) is 18.3. The number of pyridine rings is 1. The largest absolute Gasteiger partial charge is 0.441 e. The van der Waals surface area contributed by atoms with E-state index < -0.39 is 0 Å². The Balaban J connectivity index is 1.53. The fourth-order valence-electron chi connectivity index (χ4n) is 4.28. The Labute approximate surface area is 153 Å². The van der Waals surface area contributed by atoms with Crippen molar-refractivity contribution >= 4 is 17.0 Å². The fourth-order valence-corrected chi connectivity index (χ4v) is 4.28. The number of para-hydroxylation sites is 1. The van der Waals surface area contributed by atoms with Crippen molar-refractivity contribution in [3.63, 3.8) is 0 Å². The van der Waals surface area contributed by atoms with Gasteiger partial charge in [-0.05, 0) is 36.9 Å². The van der Waals surface area contributed by atoms with E-state index in [0.29, 0.717) is 13.1 Å². The number of carbonyl (C=O) groups is 1. The van der Waals surface area contributed by atoms with Crippen LogP contribution in [-0.4, -0.2) is 52.7 Å². The van der Waals surface area contributed by atoms with Crippen molar-refractivity contribution in [3.05, 3.63) is 46.2 Å². The van der Waals surface area contributed by atoms with E-state index in [9.17, 15) is 9.59 Å². The quantitative estimate of drug-likeness (QED) is 0.830. The number of hydrogen-bond acceptors (Lipinski definition) is 4. The maximum atomic E-state index is 12.7. The number of aromatic nitrogens is 1. The van der Waals surface area contributed by atoms with Crippen LogP contribution in [0.25, 0.3) is 10.9 Å². The molecule has 1 aromatic heterocycles. The summed E-state index contributed by atoms with van der Waals surface area (Å²) in [5.74, 6) is 0. The van der Waals surface area contributed by atoms with E-state index in [4.69, 9.17) is 4.74 Å². The first kappa shape index (κ1) is 17.1. The van der Waals surface area contributed by atoms with Crippen LogP contribution in [-0.2, 0) is 18.3 Å². The van der Waals surface area contributed by atoms with Crippen LogP contribution in [0.15, 0.2) is 35.1 Å². The number of ether oxygens (including phenoxy) is 1. The number of rotatable bonds is 2. The van der Waals surface area contributed by atoms with Crippen molar-refractivity contribution in [3.8, 4) is 0 Å². The number of amides is 1. The Morgan fingerprint density at radius 1 is 1.12 bits per heavy atom. The third kappa shape index (κ3) is 2.98. The SMILES string of the molecule is CN1CC2(CCCN(Cc3cc4ccccc4n(C)c3=O)CC2)OC1=O. The highest BCUT2D eigenvalue weighted by atomic mass is 16.6. The lowest BCUT2D eigenvalue weighted by Gasteiger charge is -2.25. The summed E-state index contributed by atoms with van der Waals surface area (Å²) < 4.78 is 7.41. The lowest BCUT2D eigenvalue weighted by Crippen LogP contribution is -2.35. The first-order chi connectivity index (χ1) is 12.5. The molecule has 2 fully saturated rings. The van der Waals surface area contributed by atoms with Crippen LogP contribution in [0, 0.1) is 0 Å². The molecule has 2 aliphatic heterocycles. The molecule has 2 aliphatic rings. The van der Waals surface area contributed by atoms with Gasteiger partial charge in [-0.3, -0.25) is 9.69 Å². The van der Waals surface area contributed by atoms with E-state index in [1.54, 1.807) is 16.5 Å². The molecule has 6 heteroatoms. The molecule has 1 spiro atoms. The van der Waals surface area contributed by atoms with Crippen molar-refractivity contribution in [1.29, 1.82) is 0 Å². The Hall–Kier alpha value is -2.34. The average Bonchev–Trinajstić information content (AvgIpc) is 2.78. The summed E-state index contributed by atoms with van der Waals surface area (Å²) >= 11 is 0. The molecular weight excluding hydrogens is 330 g/mol. The highest BCUT2D eigenvalue weighted by molar-refractivity contribution is 5.79. The number of benzene rings is 1. The van der Waals surface area contributed by atoms with Crippen molar-refractivity contribution in [1.82, 2.24) is 14.4 Å². The Bertz CT molecular complexity index is 907. The maximum absolute atomic E-state index is 12.7. The van der Waals surface area contributed by atoms with Crippen LogP contribution in [0.3, 0.4) is 0 Å². The molecule has 2 aromatic rings. The molecular formula is C20H25N3O3. The van der Waals surface area contributed by atoms with Gasteiger partial charge in [0.15, 0.2) is 0 Å². The van der Waals surface area contributed by atoms with Gasteiger partial charge in [-0.1, -0.05) is 18.2 Å². The normalized spacial score (nSPS) is 24.2. The first-order valence-electron chi connectivity index (χ1n) is 9.22. The van der Waals surface area contributed by atoms with Crippen LogP contribution in [0.1, 0.15) is 24.8 Å². The number of fused-ring (bicyclic) bond motifs is 1. The number of carbonyl (C=O) groups excluding carboxylic acids is 1. The summed E-state index contributed by atoms with van der Waals surface area (Å²) in [5.41, 5.74) is 1.49. The third-order valence-corrected chi connectivity index (χ3v) is 5.73. The molecule has 1 atom stereocenters. The van der Waals surface area contributed by atoms with Crippen molar-refractivity contribution in [2.75, 3.05) is 26.7 Å². The highest BCUT2D eigenvalue weighted by Crippen LogP contribution is 2.32. The molecule has 0 N–H and O–H groups in total. The number of likely N-dealkylation sites (tertiary alicyclic amines) is 1. The van der Waals surface area contributed by atoms with Gasteiger partial charge in [0.25, 0.3) is 5.56 Å². The van der Waals surface area contributed by atoms with E-state index in [1.807, 2.05) is 37.4 Å². The summed E-state index contributed by atoms with van der Waals surface area (Å²) in [6.45, 7) is 3.05. The molecule has 3 heterocycles. The molecule has 2 saturated heterocycles. The van der Waals surface area contributed by atoms with Crippen LogP contribution in [0.4, 0.5) is 4.79 Å². The number of aryl methyl sites for hydroxylation is 1. The lowest BCUT2D eigenvalue weighted by atomic mass is 9.95. The maximum Gasteiger partial charge on any atom is 0.410 e. The van der Waals surface area contributed by atoms with Gasteiger partial charge in [0.2, 0.25) is 0 Å². The van der Waals surface area contributed by atoms with E-state index in [0.717, 1.165) is 48.8 Å². The Morgan fingerprint density at radius 3 is 2.69 bits per heavy atom. The molecule has 0 radical (unpaired) electrons. The smallest absolute Gasteiger partial charge is 0.410 e. The Kier molecular flexibility index (Phi) is 4.23. The molecule has 4 rings (SSSR count). The summed E-state index contributed by atoms with van der Waals surface area (Å²) in [6, 6.07) is 9.99. The zero-order valence-corrected chi connectivity index (χ0v) is 15.4. The minimum absolute atomic E-state index is 0.0645. The van der Waals surface area contributed by atoms with Gasteiger partial charge in [0, 0.05) is 39.2 Å². The molecule has 6 nitrogen and oxygen atoms in total. The summed E-state index contributed by atoms with van der Waals surface area (Å²) in [7, 11) is 3.62. The monoisotopic (exact) mass is 355 g/mol. The van der Waals surface area contributed by atoms with Gasteiger partial charge >= 0.3 is 6.09 Å². The predicted molar refractivity (Wildman–Crippen MR) is 100 cm³/mol. The van der Waals surface area contributed by atoms with Crippen LogP contribution >= 0.6 is 0 Å². The molecule has 1 aromatic carbocycles. The fraction of sp³-hybridized carbons (Fsp3) is 0.500. The van der Waals surface area contributed by atoms with Gasteiger partial charge in [0.1, 0.15) is 5.60 Å². The lowest BCUT2D eigenvalue weighted by molar-refractivity contribution is 0.0443. The van der Waals surface area contributed by atoms with Crippen molar-refractivity contribution in [2.45, 2.75) is 31.4 Å². The van der Waals surface area contributed by atoms with Crippen molar-refractivity contribution < 1.29 is 9.53 Å². The molecule has 0 bridgehead atoms. The second-order valence-corrected chi connectivity index (χ2v) is 7.63. The van der Waals surface area contributed by atoms with Gasteiger partial charge in [-0.15, -0.1) is 0 Å². The minimum atomic E-state index is -0.352. The van der Waals surface area contributed by atoms with Crippen LogP contribution in [0.5, 0.6) is 0 Å². The number of nitrogens with zero attached hydrogens (tertiary/aromatic N) is 3. The molecule has 0 saturated carbocycles. The Morgan fingerprint density at radius 2 is 1.92 bits per heavy atom. The van der Waals surface area contributed by atoms with Gasteiger partial charge in [0.05, 0.1) is 12.1 Å². The van der Waals surface area contributed by atoms with Crippen molar-refractivity contribution in [2.24, 2.45) is 7.05 Å². The van der Waals surface area contributed by atoms with Crippen LogP contribution < -0.4 is 5.56 Å². The summed E-state index contributed by atoms with van der Waals surface area (Å²) in [4.78, 5) is 28.5. The topological polar surface area (TPSA) is 54.8 Å². The summed E-state index contributed by atoms with van der Waals surface area (Å²) in [5, 5.41) is 1.09. The van der Waals surface area contributed by atoms with Gasteiger partial charge in [-0.2, -0.15) is 0 Å². The van der Waals surface area contributed by atoms with E-state index >= 15 is 0 Å². The average molecular weight is 355 g/mol. The summed E-state index contributed by atoms with van der Waals surface area (Å²) in [6.07, 6.45) is 2.45.